The molecule has 1 aliphatic heterocycles. The van der Waals surface area contributed by atoms with Gasteiger partial charge in [0, 0.05) is 18.3 Å². The minimum atomic E-state index is 0.0748. The van der Waals surface area contributed by atoms with Gasteiger partial charge in [0.15, 0.2) is 0 Å². The Hall–Kier alpha value is -2.96. The lowest BCUT2D eigenvalue weighted by atomic mass is 10.1. The van der Waals surface area contributed by atoms with E-state index in [1.54, 1.807) is 11.0 Å². The molecule has 1 atom stereocenters. The highest BCUT2D eigenvalue weighted by molar-refractivity contribution is 5.94. The number of nitrogens with zero attached hydrogens (tertiary/aromatic N) is 6. The van der Waals surface area contributed by atoms with Crippen LogP contribution in [0, 0.1) is 6.92 Å². The molecule has 0 bridgehead atoms. The number of benzene rings is 1. The van der Waals surface area contributed by atoms with Crippen molar-refractivity contribution in [3.05, 3.63) is 60.4 Å². The zero-order chi connectivity index (χ0) is 17.2. The molecule has 1 fully saturated rings. The number of aromatic nitrogens is 5. The van der Waals surface area contributed by atoms with Crippen molar-refractivity contribution in [3.63, 3.8) is 0 Å². The van der Waals surface area contributed by atoms with Crippen molar-refractivity contribution in [2.45, 2.75) is 32.4 Å². The molecule has 0 spiro atoms. The maximum absolute atomic E-state index is 12.9. The first kappa shape index (κ1) is 15.6. The van der Waals surface area contributed by atoms with E-state index < -0.39 is 0 Å². The van der Waals surface area contributed by atoms with E-state index in [0.717, 1.165) is 30.6 Å². The fourth-order valence-corrected chi connectivity index (χ4v) is 3.31. The number of aryl methyl sites for hydroxylation is 1. The van der Waals surface area contributed by atoms with Gasteiger partial charge in [0.25, 0.3) is 5.91 Å². The minimum Gasteiger partial charge on any atom is -0.334 e. The Morgan fingerprint density at radius 2 is 2.08 bits per heavy atom. The van der Waals surface area contributed by atoms with Gasteiger partial charge >= 0.3 is 0 Å². The van der Waals surface area contributed by atoms with E-state index in [1.807, 2.05) is 53.2 Å². The first-order valence-corrected chi connectivity index (χ1v) is 8.46. The summed E-state index contributed by atoms with van der Waals surface area (Å²) in [6.45, 7) is 3.48. The molecule has 3 heterocycles. The third-order valence-corrected chi connectivity index (χ3v) is 4.59. The summed E-state index contributed by atoms with van der Waals surface area (Å²) < 4.78 is 3.60. The molecular weight excluding hydrogens is 316 g/mol. The van der Waals surface area contributed by atoms with Crippen LogP contribution in [0.3, 0.4) is 0 Å². The molecule has 0 aliphatic carbocycles. The van der Waals surface area contributed by atoms with Crippen molar-refractivity contribution in [1.82, 2.24) is 29.4 Å². The predicted molar refractivity (Wildman–Crippen MR) is 92.4 cm³/mol. The zero-order valence-electron chi connectivity index (χ0n) is 14.1. The van der Waals surface area contributed by atoms with E-state index in [4.69, 9.17) is 0 Å². The molecule has 1 unspecified atom stereocenters. The average molecular weight is 336 g/mol. The highest BCUT2D eigenvalue weighted by Crippen LogP contribution is 2.22. The molecule has 1 aliphatic rings. The monoisotopic (exact) mass is 336 g/mol. The minimum absolute atomic E-state index is 0.0748. The maximum atomic E-state index is 12.9. The van der Waals surface area contributed by atoms with E-state index in [1.165, 1.54) is 6.33 Å². The molecule has 1 aromatic carbocycles. The highest BCUT2D eigenvalue weighted by atomic mass is 16.2. The first-order valence-electron chi connectivity index (χ1n) is 8.46. The Labute approximate surface area is 145 Å². The number of hydrogen-bond acceptors (Lipinski definition) is 4. The third kappa shape index (κ3) is 3.17. The summed E-state index contributed by atoms with van der Waals surface area (Å²) in [6.07, 6.45) is 9.02. The largest absolute Gasteiger partial charge is 0.334 e. The topological polar surface area (TPSA) is 68.8 Å². The number of carbonyl (C=O) groups excluding carboxylic acids is 1. The smallest absolute Gasteiger partial charge is 0.254 e. The predicted octanol–water partition coefficient (Wildman–Crippen LogP) is 2.08. The van der Waals surface area contributed by atoms with E-state index in [2.05, 4.69) is 15.2 Å². The lowest BCUT2D eigenvalue weighted by Gasteiger charge is -2.24. The summed E-state index contributed by atoms with van der Waals surface area (Å²) in [6, 6.07) is 7.78. The molecule has 0 N–H and O–H groups in total. The number of hydrogen-bond donors (Lipinski definition) is 0. The fraction of sp³-hybridized carbons (Fsp3) is 0.333. The molecule has 7 heteroatoms. The van der Waals surface area contributed by atoms with Gasteiger partial charge in [-0.3, -0.25) is 9.48 Å². The van der Waals surface area contributed by atoms with Crippen LogP contribution in [0.5, 0.6) is 0 Å². The summed E-state index contributed by atoms with van der Waals surface area (Å²) in [4.78, 5) is 18.8. The van der Waals surface area contributed by atoms with Gasteiger partial charge in [0.05, 0.1) is 24.5 Å². The summed E-state index contributed by atoms with van der Waals surface area (Å²) in [5.74, 6) is 0.0748. The van der Waals surface area contributed by atoms with Crippen LogP contribution in [-0.4, -0.2) is 47.9 Å². The Morgan fingerprint density at radius 3 is 2.76 bits per heavy atom. The molecule has 0 radical (unpaired) electrons. The Balaban J connectivity index is 1.49. The normalized spacial score (nSPS) is 17.2. The number of carbonyl (C=O) groups is 1. The van der Waals surface area contributed by atoms with Gasteiger partial charge in [-0.25, -0.2) is 9.67 Å². The van der Waals surface area contributed by atoms with Crippen LogP contribution in [0.1, 0.15) is 28.8 Å². The van der Waals surface area contributed by atoms with Gasteiger partial charge in [-0.05, 0) is 49.6 Å². The molecule has 1 saturated heterocycles. The second-order valence-corrected chi connectivity index (χ2v) is 6.42. The summed E-state index contributed by atoms with van der Waals surface area (Å²) in [7, 11) is 0. The highest BCUT2D eigenvalue weighted by Gasteiger charge is 2.29. The molecular formula is C18H20N6O. The van der Waals surface area contributed by atoms with Gasteiger partial charge in [-0.1, -0.05) is 0 Å². The second-order valence-electron chi connectivity index (χ2n) is 6.42. The van der Waals surface area contributed by atoms with Crippen molar-refractivity contribution in [2.24, 2.45) is 0 Å². The van der Waals surface area contributed by atoms with Gasteiger partial charge in [-0.2, -0.15) is 10.2 Å². The number of rotatable bonds is 4. The van der Waals surface area contributed by atoms with Crippen LogP contribution in [0.15, 0.2) is 49.3 Å². The molecule has 128 valence electrons. The molecule has 3 aromatic rings. The van der Waals surface area contributed by atoms with Crippen LogP contribution >= 0.6 is 0 Å². The Bertz CT molecular complexity index is 852. The van der Waals surface area contributed by atoms with E-state index >= 15 is 0 Å². The average Bonchev–Trinajstić information content (AvgIpc) is 3.37. The second kappa shape index (κ2) is 6.51. The van der Waals surface area contributed by atoms with Crippen LogP contribution in [-0.2, 0) is 6.54 Å². The maximum Gasteiger partial charge on any atom is 0.254 e. The van der Waals surface area contributed by atoms with Gasteiger partial charge < -0.3 is 4.90 Å². The van der Waals surface area contributed by atoms with Crippen LogP contribution in [0.4, 0.5) is 0 Å². The molecule has 7 nitrogen and oxygen atoms in total. The Morgan fingerprint density at radius 1 is 1.24 bits per heavy atom. The molecule has 25 heavy (non-hydrogen) atoms. The van der Waals surface area contributed by atoms with Crippen LogP contribution in [0.2, 0.25) is 0 Å². The van der Waals surface area contributed by atoms with Crippen molar-refractivity contribution in [3.8, 4) is 5.69 Å². The summed E-state index contributed by atoms with van der Waals surface area (Å²) >= 11 is 0. The van der Waals surface area contributed by atoms with Crippen molar-refractivity contribution in [2.75, 3.05) is 6.54 Å². The third-order valence-electron chi connectivity index (χ3n) is 4.59. The summed E-state index contributed by atoms with van der Waals surface area (Å²) in [5, 5.41) is 8.45. The zero-order valence-corrected chi connectivity index (χ0v) is 14.1. The van der Waals surface area contributed by atoms with E-state index in [0.29, 0.717) is 12.1 Å². The van der Waals surface area contributed by atoms with Gasteiger partial charge in [-0.15, -0.1) is 0 Å². The lowest BCUT2D eigenvalue weighted by Crippen LogP contribution is -2.38. The quantitative estimate of drug-likeness (QED) is 0.731. The van der Waals surface area contributed by atoms with Crippen molar-refractivity contribution < 1.29 is 4.79 Å². The fourth-order valence-electron chi connectivity index (χ4n) is 3.31. The van der Waals surface area contributed by atoms with Crippen molar-refractivity contribution >= 4 is 5.91 Å². The lowest BCUT2D eigenvalue weighted by molar-refractivity contribution is 0.0721. The van der Waals surface area contributed by atoms with E-state index in [9.17, 15) is 4.79 Å². The molecule has 4 rings (SSSR count). The van der Waals surface area contributed by atoms with Gasteiger partial charge in [0.1, 0.15) is 12.7 Å². The molecule has 0 saturated carbocycles. The molecule has 1 amide bonds. The summed E-state index contributed by atoms with van der Waals surface area (Å²) in [5.41, 5.74) is 2.76. The Kier molecular flexibility index (Phi) is 4.05. The SMILES string of the molecule is Cc1cnn(-c2ccc(C(=O)N3CCCC3Cn3cncn3)cc2)c1. The first-order chi connectivity index (χ1) is 12.2. The number of amides is 1. The van der Waals surface area contributed by atoms with Crippen molar-refractivity contribution in [1.29, 1.82) is 0 Å². The standard InChI is InChI=1S/C18H20N6O/c1-14-9-20-24(10-14)16-6-4-15(5-7-16)18(25)23-8-2-3-17(23)11-22-13-19-12-21-22/h4-7,9-10,12-13,17H,2-3,8,11H2,1H3. The van der Waals surface area contributed by atoms with Gasteiger partial charge in [0.2, 0.25) is 0 Å². The van der Waals surface area contributed by atoms with E-state index in [-0.39, 0.29) is 11.9 Å². The molecule has 2 aromatic heterocycles. The van der Waals surface area contributed by atoms with Crippen LogP contribution in [0.25, 0.3) is 5.69 Å². The number of likely N-dealkylation sites (tertiary alicyclic amines) is 1. The van der Waals surface area contributed by atoms with Crippen LogP contribution < -0.4 is 0 Å².